The molecule has 112 valence electrons. The van der Waals surface area contributed by atoms with Crippen LogP contribution in [0, 0.1) is 19.8 Å². The molecule has 1 saturated heterocycles. The largest absolute Gasteiger partial charge is 0.397 e. The van der Waals surface area contributed by atoms with Gasteiger partial charge in [-0.15, -0.1) is 11.3 Å². The number of fused-ring (bicyclic) bond motifs is 1. The van der Waals surface area contributed by atoms with Gasteiger partial charge in [-0.25, -0.2) is 4.98 Å². The Morgan fingerprint density at radius 1 is 1.52 bits per heavy atom. The number of thioether (sulfide) groups is 1. The van der Waals surface area contributed by atoms with E-state index in [1.807, 2.05) is 31.7 Å². The standard InChI is InChI=1S/C15H19N3OS2/c1-8-5-9(2)18-15-11(8)12(16)13(21-15)14(19)17-6-10-3-4-20-7-10/h5,10H,3-4,6-7,16H2,1-2H3,(H,17,19). The van der Waals surface area contributed by atoms with Gasteiger partial charge in [0.15, 0.2) is 0 Å². The van der Waals surface area contributed by atoms with E-state index in [2.05, 4.69) is 10.3 Å². The summed E-state index contributed by atoms with van der Waals surface area (Å²) >= 11 is 3.35. The van der Waals surface area contributed by atoms with Gasteiger partial charge in [-0.05, 0) is 49.3 Å². The quantitative estimate of drug-likeness (QED) is 0.912. The molecule has 0 aliphatic carbocycles. The lowest BCUT2D eigenvalue weighted by molar-refractivity contribution is 0.0953. The molecule has 0 spiro atoms. The second-order valence-electron chi connectivity index (χ2n) is 5.55. The highest BCUT2D eigenvalue weighted by molar-refractivity contribution is 7.99. The number of anilines is 1. The van der Waals surface area contributed by atoms with Crippen molar-refractivity contribution in [3.63, 3.8) is 0 Å². The molecule has 6 heteroatoms. The van der Waals surface area contributed by atoms with Gasteiger partial charge in [0.05, 0.1) is 5.69 Å². The van der Waals surface area contributed by atoms with Crippen LogP contribution in [-0.4, -0.2) is 28.9 Å². The van der Waals surface area contributed by atoms with Gasteiger partial charge in [-0.1, -0.05) is 0 Å². The molecule has 1 fully saturated rings. The Labute approximate surface area is 132 Å². The number of carbonyl (C=O) groups excluding carboxylic acids is 1. The van der Waals surface area contributed by atoms with Crippen LogP contribution in [0.3, 0.4) is 0 Å². The minimum atomic E-state index is -0.0653. The number of aryl methyl sites for hydroxylation is 2. The lowest BCUT2D eigenvalue weighted by atomic mass is 10.1. The highest BCUT2D eigenvalue weighted by Crippen LogP contribution is 2.35. The minimum absolute atomic E-state index is 0.0653. The first-order chi connectivity index (χ1) is 10.1. The van der Waals surface area contributed by atoms with Crippen LogP contribution < -0.4 is 11.1 Å². The molecule has 3 rings (SSSR count). The monoisotopic (exact) mass is 321 g/mol. The first-order valence-corrected chi connectivity index (χ1v) is 9.05. The molecule has 3 N–H and O–H groups in total. The normalized spacial score (nSPS) is 18.3. The van der Waals surface area contributed by atoms with Crippen molar-refractivity contribution in [2.45, 2.75) is 20.3 Å². The van der Waals surface area contributed by atoms with Crippen LogP contribution >= 0.6 is 23.1 Å². The van der Waals surface area contributed by atoms with Crippen molar-refractivity contribution >= 4 is 44.9 Å². The Bertz CT molecular complexity index is 690. The summed E-state index contributed by atoms with van der Waals surface area (Å²) < 4.78 is 0. The van der Waals surface area contributed by atoms with Crippen LogP contribution in [0.25, 0.3) is 10.2 Å². The van der Waals surface area contributed by atoms with Gasteiger partial charge in [0.25, 0.3) is 5.91 Å². The number of aromatic nitrogens is 1. The molecule has 2 aromatic heterocycles. The van der Waals surface area contributed by atoms with Crippen LogP contribution in [0.4, 0.5) is 5.69 Å². The van der Waals surface area contributed by atoms with E-state index in [1.54, 1.807) is 0 Å². The molecule has 0 saturated carbocycles. The van der Waals surface area contributed by atoms with Crippen molar-refractivity contribution in [3.8, 4) is 0 Å². The molecule has 1 atom stereocenters. The number of nitrogens with two attached hydrogens (primary N) is 1. The summed E-state index contributed by atoms with van der Waals surface area (Å²) in [7, 11) is 0. The fourth-order valence-corrected chi connectivity index (χ4v) is 5.12. The van der Waals surface area contributed by atoms with Gasteiger partial charge < -0.3 is 11.1 Å². The lowest BCUT2D eigenvalue weighted by Crippen LogP contribution is -2.29. The summed E-state index contributed by atoms with van der Waals surface area (Å²) in [5.74, 6) is 2.87. The summed E-state index contributed by atoms with van der Waals surface area (Å²) in [4.78, 5) is 18.3. The van der Waals surface area contributed by atoms with E-state index < -0.39 is 0 Å². The van der Waals surface area contributed by atoms with E-state index in [1.165, 1.54) is 23.5 Å². The second kappa shape index (κ2) is 5.85. The van der Waals surface area contributed by atoms with Crippen LogP contribution in [-0.2, 0) is 0 Å². The Balaban J connectivity index is 1.84. The zero-order valence-corrected chi connectivity index (χ0v) is 13.9. The molecule has 2 aromatic rings. The highest BCUT2D eigenvalue weighted by atomic mass is 32.2. The van der Waals surface area contributed by atoms with E-state index in [9.17, 15) is 4.79 Å². The SMILES string of the molecule is Cc1cc(C)c2c(N)c(C(=O)NCC3CCSC3)sc2n1. The molecule has 0 radical (unpaired) electrons. The molecule has 1 unspecified atom stereocenters. The number of nitrogen functional groups attached to an aromatic ring is 1. The molecule has 0 aromatic carbocycles. The first-order valence-electron chi connectivity index (χ1n) is 7.08. The van der Waals surface area contributed by atoms with E-state index >= 15 is 0 Å². The fraction of sp³-hybridized carbons (Fsp3) is 0.467. The number of amides is 1. The maximum atomic E-state index is 12.4. The molecular weight excluding hydrogens is 302 g/mol. The Morgan fingerprint density at radius 2 is 2.33 bits per heavy atom. The van der Waals surface area contributed by atoms with Crippen molar-refractivity contribution in [3.05, 3.63) is 22.2 Å². The molecule has 1 aliphatic rings. The number of pyridine rings is 1. The third-order valence-corrected chi connectivity index (χ3v) is 6.14. The highest BCUT2D eigenvalue weighted by Gasteiger charge is 2.21. The minimum Gasteiger partial charge on any atom is -0.397 e. The maximum Gasteiger partial charge on any atom is 0.263 e. The molecule has 21 heavy (non-hydrogen) atoms. The number of hydrogen-bond acceptors (Lipinski definition) is 5. The fourth-order valence-electron chi connectivity index (χ4n) is 2.70. The molecule has 1 amide bonds. The predicted molar refractivity (Wildman–Crippen MR) is 91.3 cm³/mol. The topological polar surface area (TPSA) is 68.0 Å². The number of nitrogens with zero attached hydrogens (tertiary/aromatic N) is 1. The molecular formula is C15H19N3OS2. The Hall–Kier alpha value is -1.27. The second-order valence-corrected chi connectivity index (χ2v) is 7.69. The number of nitrogens with one attached hydrogen (secondary N) is 1. The number of hydrogen-bond donors (Lipinski definition) is 2. The average Bonchev–Trinajstić information content (AvgIpc) is 3.04. The average molecular weight is 321 g/mol. The third-order valence-electron chi connectivity index (χ3n) is 3.81. The summed E-state index contributed by atoms with van der Waals surface area (Å²) in [6.45, 7) is 4.71. The van der Waals surface area contributed by atoms with Gasteiger partial charge in [-0.2, -0.15) is 11.8 Å². The Kier molecular flexibility index (Phi) is 4.08. The smallest absolute Gasteiger partial charge is 0.263 e. The molecule has 0 bridgehead atoms. The summed E-state index contributed by atoms with van der Waals surface area (Å²) in [6.07, 6.45) is 1.19. The van der Waals surface area contributed by atoms with Crippen molar-refractivity contribution in [1.82, 2.24) is 10.3 Å². The van der Waals surface area contributed by atoms with Crippen molar-refractivity contribution in [2.75, 3.05) is 23.8 Å². The van der Waals surface area contributed by atoms with Gasteiger partial charge in [0.1, 0.15) is 9.71 Å². The first kappa shape index (κ1) is 14.7. The van der Waals surface area contributed by atoms with Crippen LogP contribution in [0.5, 0.6) is 0 Å². The maximum absolute atomic E-state index is 12.4. The van der Waals surface area contributed by atoms with E-state index in [4.69, 9.17) is 5.73 Å². The molecule has 3 heterocycles. The molecule has 1 aliphatic heterocycles. The third kappa shape index (κ3) is 2.87. The number of thiophene rings is 1. The number of carbonyl (C=O) groups is 1. The zero-order valence-electron chi connectivity index (χ0n) is 12.2. The zero-order chi connectivity index (χ0) is 15.0. The lowest BCUT2D eigenvalue weighted by Gasteiger charge is -2.09. The Morgan fingerprint density at radius 3 is 3.05 bits per heavy atom. The van der Waals surface area contributed by atoms with Gasteiger partial charge in [0, 0.05) is 17.6 Å². The predicted octanol–water partition coefficient (Wildman–Crippen LogP) is 2.98. The summed E-state index contributed by atoms with van der Waals surface area (Å²) in [5, 5.41) is 3.95. The van der Waals surface area contributed by atoms with Gasteiger partial charge in [-0.3, -0.25) is 4.79 Å². The van der Waals surface area contributed by atoms with Crippen LogP contribution in [0.15, 0.2) is 6.07 Å². The van der Waals surface area contributed by atoms with E-state index in [0.717, 1.165) is 33.8 Å². The van der Waals surface area contributed by atoms with Crippen molar-refractivity contribution < 1.29 is 4.79 Å². The van der Waals surface area contributed by atoms with Crippen LogP contribution in [0.1, 0.15) is 27.3 Å². The summed E-state index contributed by atoms with van der Waals surface area (Å²) in [6, 6.07) is 2.00. The van der Waals surface area contributed by atoms with Gasteiger partial charge in [0.2, 0.25) is 0 Å². The van der Waals surface area contributed by atoms with E-state index in [-0.39, 0.29) is 5.91 Å². The van der Waals surface area contributed by atoms with Gasteiger partial charge >= 0.3 is 0 Å². The molecule has 4 nitrogen and oxygen atoms in total. The van der Waals surface area contributed by atoms with Crippen LogP contribution in [0.2, 0.25) is 0 Å². The van der Waals surface area contributed by atoms with Crippen molar-refractivity contribution in [1.29, 1.82) is 0 Å². The number of rotatable bonds is 3. The van der Waals surface area contributed by atoms with Crippen molar-refractivity contribution in [2.24, 2.45) is 5.92 Å². The summed E-state index contributed by atoms with van der Waals surface area (Å²) in [5.41, 5.74) is 8.78. The van der Waals surface area contributed by atoms with E-state index in [0.29, 0.717) is 16.5 Å².